The molecular formula is C15H23BrN6. The van der Waals surface area contributed by atoms with Gasteiger partial charge in [0, 0.05) is 31.7 Å². The molecule has 0 radical (unpaired) electrons. The minimum atomic E-state index is 0.652. The van der Waals surface area contributed by atoms with Crippen molar-refractivity contribution in [3.8, 4) is 0 Å². The van der Waals surface area contributed by atoms with Gasteiger partial charge in [-0.05, 0) is 32.3 Å². The second-order valence-electron chi connectivity index (χ2n) is 5.57. The van der Waals surface area contributed by atoms with Crippen LogP contribution in [0, 0.1) is 0 Å². The van der Waals surface area contributed by atoms with Gasteiger partial charge in [-0.1, -0.05) is 15.9 Å². The molecule has 1 aromatic heterocycles. The SMILES string of the molecule is CN(C)CCN(C)c1ccc(Br)cc1NCc1cnn(C)n1. The average molecular weight is 367 g/mol. The maximum atomic E-state index is 4.29. The molecule has 2 aromatic rings. The lowest BCUT2D eigenvalue weighted by Crippen LogP contribution is -2.29. The molecule has 6 nitrogen and oxygen atoms in total. The zero-order chi connectivity index (χ0) is 16.1. The molecule has 0 fully saturated rings. The monoisotopic (exact) mass is 366 g/mol. The van der Waals surface area contributed by atoms with E-state index in [2.05, 4.69) is 80.6 Å². The molecule has 1 aromatic carbocycles. The van der Waals surface area contributed by atoms with Crippen molar-refractivity contribution in [1.29, 1.82) is 0 Å². The maximum absolute atomic E-state index is 4.29. The Morgan fingerprint density at radius 3 is 2.64 bits per heavy atom. The van der Waals surface area contributed by atoms with Crippen LogP contribution >= 0.6 is 15.9 Å². The minimum Gasteiger partial charge on any atom is -0.378 e. The number of hydrogen-bond acceptors (Lipinski definition) is 5. The summed E-state index contributed by atoms with van der Waals surface area (Å²) in [5, 5.41) is 11.8. The molecule has 0 atom stereocenters. The normalized spacial score (nSPS) is 11.0. The highest BCUT2D eigenvalue weighted by molar-refractivity contribution is 9.10. The highest BCUT2D eigenvalue weighted by atomic mass is 79.9. The zero-order valence-electron chi connectivity index (χ0n) is 13.5. The zero-order valence-corrected chi connectivity index (χ0v) is 15.1. The first-order valence-corrected chi connectivity index (χ1v) is 7.99. The van der Waals surface area contributed by atoms with Crippen LogP contribution in [-0.2, 0) is 13.6 Å². The first-order chi connectivity index (χ1) is 10.5. The first-order valence-electron chi connectivity index (χ1n) is 7.20. The van der Waals surface area contributed by atoms with Gasteiger partial charge < -0.3 is 15.1 Å². The summed E-state index contributed by atoms with van der Waals surface area (Å²) in [6, 6.07) is 6.28. The van der Waals surface area contributed by atoms with Crippen molar-refractivity contribution in [1.82, 2.24) is 19.9 Å². The quantitative estimate of drug-likeness (QED) is 0.813. The predicted molar refractivity (Wildman–Crippen MR) is 94.3 cm³/mol. The fraction of sp³-hybridized carbons (Fsp3) is 0.467. The molecule has 0 saturated heterocycles. The molecule has 0 amide bonds. The van der Waals surface area contributed by atoms with E-state index in [-0.39, 0.29) is 0 Å². The molecule has 0 spiro atoms. The first kappa shape index (κ1) is 16.8. The van der Waals surface area contributed by atoms with Crippen molar-refractivity contribution in [2.24, 2.45) is 7.05 Å². The van der Waals surface area contributed by atoms with Crippen molar-refractivity contribution in [3.05, 3.63) is 34.6 Å². The van der Waals surface area contributed by atoms with E-state index in [9.17, 15) is 0 Å². The second-order valence-corrected chi connectivity index (χ2v) is 6.48. The van der Waals surface area contributed by atoms with Gasteiger partial charge in [-0.25, -0.2) is 0 Å². The van der Waals surface area contributed by atoms with Gasteiger partial charge in [-0.15, -0.1) is 0 Å². The van der Waals surface area contributed by atoms with Crippen molar-refractivity contribution in [2.75, 3.05) is 44.4 Å². The molecule has 120 valence electrons. The average Bonchev–Trinajstić information content (AvgIpc) is 2.88. The van der Waals surface area contributed by atoms with Gasteiger partial charge in [0.25, 0.3) is 0 Å². The Kier molecular flexibility index (Phi) is 5.79. The summed E-state index contributed by atoms with van der Waals surface area (Å²) in [5.41, 5.74) is 3.18. The van der Waals surface area contributed by atoms with Gasteiger partial charge in [0.2, 0.25) is 0 Å². The van der Waals surface area contributed by atoms with E-state index in [1.165, 1.54) is 5.69 Å². The van der Waals surface area contributed by atoms with Gasteiger partial charge in [0.15, 0.2) is 0 Å². The van der Waals surface area contributed by atoms with Crippen LogP contribution in [0.1, 0.15) is 5.69 Å². The topological polar surface area (TPSA) is 49.2 Å². The largest absolute Gasteiger partial charge is 0.378 e. The van der Waals surface area contributed by atoms with Gasteiger partial charge in [-0.2, -0.15) is 15.0 Å². The van der Waals surface area contributed by atoms with Crippen LogP contribution in [0.25, 0.3) is 0 Å². The summed E-state index contributed by atoms with van der Waals surface area (Å²) >= 11 is 3.54. The van der Waals surface area contributed by atoms with Crippen molar-refractivity contribution in [2.45, 2.75) is 6.54 Å². The van der Waals surface area contributed by atoms with Crippen molar-refractivity contribution in [3.63, 3.8) is 0 Å². The number of rotatable bonds is 7. The van der Waals surface area contributed by atoms with Gasteiger partial charge in [0.1, 0.15) is 5.69 Å². The maximum Gasteiger partial charge on any atom is 0.102 e. The number of anilines is 2. The molecule has 0 saturated carbocycles. The fourth-order valence-electron chi connectivity index (χ4n) is 2.11. The number of halogens is 1. The van der Waals surface area contributed by atoms with Crippen molar-refractivity contribution < 1.29 is 0 Å². The summed E-state index contributed by atoms with van der Waals surface area (Å²) in [6.45, 7) is 2.63. The van der Waals surface area contributed by atoms with E-state index >= 15 is 0 Å². The number of nitrogens with zero attached hydrogens (tertiary/aromatic N) is 5. The smallest absolute Gasteiger partial charge is 0.102 e. The standard InChI is InChI=1S/C15H23BrN6/c1-20(2)7-8-21(3)15-6-5-12(16)9-14(15)17-10-13-11-18-22(4)19-13/h5-6,9,11,17H,7-8,10H2,1-4H3. The van der Waals surface area contributed by atoms with Crippen LogP contribution in [0.5, 0.6) is 0 Å². The third kappa shape index (κ3) is 4.71. The lowest BCUT2D eigenvalue weighted by atomic mass is 10.2. The van der Waals surface area contributed by atoms with Crippen molar-refractivity contribution >= 4 is 27.3 Å². The number of likely N-dealkylation sites (N-methyl/N-ethyl adjacent to an activating group) is 2. The highest BCUT2D eigenvalue weighted by Gasteiger charge is 2.09. The number of benzene rings is 1. The molecule has 0 aliphatic rings. The Balaban J connectivity index is 2.09. The lowest BCUT2D eigenvalue weighted by Gasteiger charge is -2.24. The van der Waals surface area contributed by atoms with Crippen LogP contribution in [0.4, 0.5) is 11.4 Å². The Bertz CT molecular complexity index is 610. The van der Waals surface area contributed by atoms with E-state index in [0.29, 0.717) is 6.54 Å². The lowest BCUT2D eigenvalue weighted by molar-refractivity contribution is 0.416. The highest BCUT2D eigenvalue weighted by Crippen LogP contribution is 2.29. The summed E-state index contributed by atoms with van der Waals surface area (Å²) < 4.78 is 1.05. The third-order valence-electron chi connectivity index (χ3n) is 3.36. The number of aromatic nitrogens is 3. The Morgan fingerprint density at radius 1 is 1.23 bits per heavy atom. The van der Waals surface area contributed by atoms with E-state index in [4.69, 9.17) is 0 Å². The molecule has 0 aliphatic carbocycles. The predicted octanol–water partition coefficient (Wildman–Crippen LogP) is 2.19. The third-order valence-corrected chi connectivity index (χ3v) is 3.85. The van der Waals surface area contributed by atoms with Crippen LogP contribution in [-0.4, -0.2) is 54.1 Å². The number of aryl methyl sites for hydroxylation is 1. The van der Waals surface area contributed by atoms with Crippen LogP contribution in [0.3, 0.4) is 0 Å². The molecule has 7 heteroatoms. The number of hydrogen-bond donors (Lipinski definition) is 1. The van der Waals surface area contributed by atoms with Crippen LogP contribution < -0.4 is 10.2 Å². The Hall–Kier alpha value is -1.60. The Labute approximate surface area is 140 Å². The molecule has 1 N–H and O–H groups in total. The summed E-state index contributed by atoms with van der Waals surface area (Å²) in [5.74, 6) is 0. The molecule has 0 unspecified atom stereocenters. The van der Waals surface area contributed by atoms with Crippen LogP contribution in [0.2, 0.25) is 0 Å². The molecule has 22 heavy (non-hydrogen) atoms. The summed E-state index contributed by atoms with van der Waals surface area (Å²) in [4.78, 5) is 6.01. The Morgan fingerprint density at radius 2 is 2.00 bits per heavy atom. The molecule has 0 aliphatic heterocycles. The van der Waals surface area contributed by atoms with Gasteiger partial charge in [-0.3, -0.25) is 0 Å². The van der Waals surface area contributed by atoms with E-state index in [1.54, 1.807) is 11.0 Å². The molecule has 0 bridgehead atoms. The fourth-order valence-corrected chi connectivity index (χ4v) is 2.47. The number of nitrogens with one attached hydrogen (secondary N) is 1. The molecule has 1 heterocycles. The van der Waals surface area contributed by atoms with E-state index in [0.717, 1.165) is 28.9 Å². The second kappa shape index (κ2) is 7.60. The molecule has 2 rings (SSSR count). The van der Waals surface area contributed by atoms with Crippen LogP contribution in [0.15, 0.2) is 28.9 Å². The van der Waals surface area contributed by atoms with E-state index in [1.807, 2.05) is 7.05 Å². The summed E-state index contributed by atoms with van der Waals surface area (Å²) in [7, 11) is 8.11. The van der Waals surface area contributed by atoms with E-state index < -0.39 is 0 Å². The minimum absolute atomic E-state index is 0.652. The molecular weight excluding hydrogens is 344 g/mol. The van der Waals surface area contributed by atoms with Gasteiger partial charge >= 0.3 is 0 Å². The van der Waals surface area contributed by atoms with Gasteiger partial charge in [0.05, 0.1) is 24.1 Å². The summed E-state index contributed by atoms with van der Waals surface area (Å²) in [6.07, 6.45) is 1.78.